The highest BCUT2D eigenvalue weighted by Crippen LogP contribution is 2.29. The summed E-state index contributed by atoms with van der Waals surface area (Å²) in [4.78, 5) is 0. The Bertz CT molecular complexity index is 885. The van der Waals surface area contributed by atoms with E-state index >= 15 is 0 Å². The van der Waals surface area contributed by atoms with Crippen LogP contribution in [-0.2, 0) is 38.8 Å². The molecule has 3 aromatic carbocycles. The zero-order valence-electron chi connectivity index (χ0n) is 17.9. The van der Waals surface area contributed by atoms with Crippen molar-refractivity contribution in [3.63, 3.8) is 0 Å². The number of hydrogen-bond donors (Lipinski definition) is 0. The third-order valence-electron chi connectivity index (χ3n) is 5.51. The molecule has 1 fully saturated rings. The molecule has 3 aromatic rings. The van der Waals surface area contributed by atoms with Crippen molar-refractivity contribution in [2.24, 2.45) is 0 Å². The van der Waals surface area contributed by atoms with Gasteiger partial charge in [-0.15, -0.1) is 0 Å². The fraction of sp³-hybridized carbons (Fsp3) is 0.333. The van der Waals surface area contributed by atoms with Crippen molar-refractivity contribution in [2.45, 2.75) is 51.2 Å². The van der Waals surface area contributed by atoms with Crippen LogP contribution in [0.15, 0.2) is 91.0 Å². The Labute approximate surface area is 184 Å². The van der Waals surface area contributed by atoms with Gasteiger partial charge in [-0.05, 0) is 23.6 Å². The Morgan fingerprint density at radius 2 is 1.06 bits per heavy atom. The van der Waals surface area contributed by atoms with Crippen molar-refractivity contribution >= 4 is 0 Å². The lowest BCUT2D eigenvalue weighted by Gasteiger charge is -2.24. The van der Waals surface area contributed by atoms with E-state index in [2.05, 4.69) is 36.4 Å². The van der Waals surface area contributed by atoms with Gasteiger partial charge < -0.3 is 18.9 Å². The maximum Gasteiger partial charge on any atom is 0.115 e. The monoisotopic (exact) mass is 418 g/mol. The van der Waals surface area contributed by atoms with Crippen LogP contribution in [0.5, 0.6) is 0 Å². The first-order valence-corrected chi connectivity index (χ1v) is 10.9. The molecule has 4 heteroatoms. The Balaban J connectivity index is 1.39. The van der Waals surface area contributed by atoms with Crippen molar-refractivity contribution in [3.05, 3.63) is 108 Å². The van der Waals surface area contributed by atoms with Gasteiger partial charge in [0.1, 0.15) is 18.3 Å². The minimum absolute atomic E-state index is 0.0742. The maximum atomic E-state index is 6.35. The highest BCUT2D eigenvalue weighted by Gasteiger charge is 2.44. The van der Waals surface area contributed by atoms with Gasteiger partial charge in [-0.3, -0.25) is 0 Å². The largest absolute Gasteiger partial charge is 0.374 e. The van der Waals surface area contributed by atoms with E-state index in [1.165, 1.54) is 0 Å². The topological polar surface area (TPSA) is 36.9 Å². The highest BCUT2D eigenvalue weighted by molar-refractivity contribution is 5.15. The van der Waals surface area contributed by atoms with Crippen LogP contribution < -0.4 is 0 Å². The quantitative estimate of drug-likeness (QED) is 0.456. The summed E-state index contributed by atoms with van der Waals surface area (Å²) in [7, 11) is 0. The third-order valence-corrected chi connectivity index (χ3v) is 5.51. The van der Waals surface area contributed by atoms with Crippen LogP contribution in [0.1, 0.15) is 23.6 Å². The van der Waals surface area contributed by atoms with Crippen molar-refractivity contribution in [3.8, 4) is 0 Å². The first-order valence-electron chi connectivity index (χ1n) is 10.9. The van der Waals surface area contributed by atoms with E-state index in [1.807, 2.05) is 61.5 Å². The normalized spacial score (nSPS) is 23.1. The molecule has 0 N–H and O–H groups in total. The molecule has 1 heterocycles. The molecular weight excluding hydrogens is 388 g/mol. The molecule has 0 saturated carbocycles. The summed E-state index contributed by atoms with van der Waals surface area (Å²) in [6.45, 7) is 4.11. The summed E-state index contributed by atoms with van der Waals surface area (Å²) in [6.07, 6.45) is -0.609. The molecule has 1 aliphatic rings. The molecule has 4 nitrogen and oxygen atoms in total. The predicted molar refractivity (Wildman–Crippen MR) is 120 cm³/mol. The van der Waals surface area contributed by atoms with Crippen LogP contribution in [-0.4, -0.2) is 31.0 Å². The van der Waals surface area contributed by atoms with Crippen molar-refractivity contribution < 1.29 is 18.9 Å². The van der Waals surface area contributed by atoms with E-state index in [-0.39, 0.29) is 24.4 Å². The van der Waals surface area contributed by atoms with E-state index in [1.54, 1.807) is 0 Å². The molecule has 1 saturated heterocycles. The SMILES string of the molecule is C[C@H]1O[C@H](COCc2ccccc2)[C@@H](OCc2ccccc2)[C@H]1OCc1ccccc1. The molecule has 0 spiro atoms. The summed E-state index contributed by atoms with van der Waals surface area (Å²) in [5.41, 5.74) is 3.42. The molecule has 4 atom stereocenters. The lowest BCUT2D eigenvalue weighted by atomic mass is 10.1. The van der Waals surface area contributed by atoms with Gasteiger partial charge >= 0.3 is 0 Å². The van der Waals surface area contributed by atoms with E-state index in [4.69, 9.17) is 18.9 Å². The van der Waals surface area contributed by atoms with Gasteiger partial charge in [0.2, 0.25) is 0 Å². The molecule has 0 amide bonds. The van der Waals surface area contributed by atoms with Gasteiger partial charge in [-0.25, -0.2) is 0 Å². The van der Waals surface area contributed by atoms with Crippen molar-refractivity contribution in [1.29, 1.82) is 0 Å². The van der Waals surface area contributed by atoms with E-state index in [9.17, 15) is 0 Å². The average molecular weight is 419 g/mol. The van der Waals surface area contributed by atoms with Crippen LogP contribution in [0, 0.1) is 0 Å². The zero-order chi connectivity index (χ0) is 21.3. The second kappa shape index (κ2) is 11.2. The summed E-state index contributed by atoms with van der Waals surface area (Å²) < 4.78 is 24.8. The Kier molecular flexibility index (Phi) is 7.86. The molecule has 0 aliphatic carbocycles. The van der Waals surface area contributed by atoms with E-state index in [0.29, 0.717) is 26.4 Å². The lowest BCUT2D eigenvalue weighted by Crippen LogP contribution is -2.38. The summed E-state index contributed by atoms with van der Waals surface area (Å²) in [6, 6.07) is 30.6. The van der Waals surface area contributed by atoms with Crippen molar-refractivity contribution in [1.82, 2.24) is 0 Å². The van der Waals surface area contributed by atoms with Crippen molar-refractivity contribution in [2.75, 3.05) is 6.61 Å². The van der Waals surface area contributed by atoms with Crippen LogP contribution >= 0.6 is 0 Å². The van der Waals surface area contributed by atoms with Gasteiger partial charge in [-0.2, -0.15) is 0 Å². The lowest BCUT2D eigenvalue weighted by molar-refractivity contribution is -0.0897. The third kappa shape index (κ3) is 6.25. The molecule has 162 valence electrons. The molecular formula is C27H30O4. The minimum atomic E-state index is -0.199. The molecule has 31 heavy (non-hydrogen) atoms. The Morgan fingerprint density at radius 1 is 0.613 bits per heavy atom. The highest BCUT2D eigenvalue weighted by atomic mass is 16.6. The first-order chi connectivity index (χ1) is 15.3. The maximum absolute atomic E-state index is 6.35. The average Bonchev–Trinajstić information content (AvgIpc) is 3.12. The van der Waals surface area contributed by atoms with Crippen LogP contribution in [0.4, 0.5) is 0 Å². The van der Waals surface area contributed by atoms with Gasteiger partial charge in [0.15, 0.2) is 0 Å². The molecule has 0 radical (unpaired) electrons. The molecule has 0 bridgehead atoms. The van der Waals surface area contributed by atoms with Crippen LogP contribution in [0.3, 0.4) is 0 Å². The smallest absolute Gasteiger partial charge is 0.115 e. The minimum Gasteiger partial charge on any atom is -0.374 e. The van der Waals surface area contributed by atoms with Gasteiger partial charge in [0.05, 0.1) is 32.5 Å². The van der Waals surface area contributed by atoms with E-state index in [0.717, 1.165) is 16.7 Å². The summed E-state index contributed by atoms with van der Waals surface area (Å²) in [5, 5.41) is 0. The van der Waals surface area contributed by atoms with E-state index < -0.39 is 0 Å². The van der Waals surface area contributed by atoms with Gasteiger partial charge in [0, 0.05) is 0 Å². The van der Waals surface area contributed by atoms with Crippen LogP contribution in [0.25, 0.3) is 0 Å². The standard InChI is InChI=1S/C27H30O4/c1-21-26(29-18-23-13-7-3-8-14-23)27(30-19-24-15-9-4-10-16-24)25(31-21)20-28-17-22-11-5-2-6-12-22/h2-16,21,25-27H,17-20H2,1H3/t21-,25-,26+,27-/m1/s1. The summed E-state index contributed by atoms with van der Waals surface area (Å²) in [5.74, 6) is 0. The first kappa shape index (κ1) is 21.7. The second-order valence-electron chi connectivity index (χ2n) is 7.90. The number of rotatable bonds is 10. The second-order valence-corrected chi connectivity index (χ2v) is 7.90. The van der Waals surface area contributed by atoms with Gasteiger partial charge in [0.25, 0.3) is 0 Å². The molecule has 1 aliphatic heterocycles. The molecule has 4 rings (SSSR count). The number of ether oxygens (including phenoxy) is 4. The Morgan fingerprint density at radius 3 is 1.58 bits per heavy atom. The number of benzene rings is 3. The summed E-state index contributed by atoms with van der Waals surface area (Å²) >= 11 is 0. The Hall–Kier alpha value is -2.50. The fourth-order valence-electron chi connectivity index (χ4n) is 3.88. The van der Waals surface area contributed by atoms with Crippen LogP contribution in [0.2, 0.25) is 0 Å². The number of hydrogen-bond acceptors (Lipinski definition) is 4. The fourth-order valence-corrected chi connectivity index (χ4v) is 3.88. The molecule has 0 unspecified atom stereocenters. The van der Waals surface area contributed by atoms with Gasteiger partial charge in [-0.1, -0.05) is 91.0 Å². The predicted octanol–water partition coefficient (Wildman–Crippen LogP) is 5.16. The molecule has 0 aromatic heterocycles. The zero-order valence-corrected chi connectivity index (χ0v) is 17.9.